The first-order valence-electron chi connectivity index (χ1n) is 8.69. The molecular weight excluding hydrogens is 362 g/mol. The molecule has 0 aliphatic rings. The monoisotopic (exact) mass is 385 g/mol. The lowest BCUT2D eigenvalue weighted by atomic mass is 10.1. The molecule has 1 amide bonds. The number of hydrogen-bond donors (Lipinski definition) is 0. The van der Waals surface area contributed by atoms with Crippen LogP contribution >= 0.6 is 11.8 Å². The standard InChI is InChI=1S/C21H23NO4S/c1-17(23)27-16-22(20(24)13-12-18-8-4-2-5-9-18)14-21(25)26-15-19-10-6-3-7-11-19/h2-11H,12-16H2,1H3. The number of carbonyl (C=O) groups is 3. The summed E-state index contributed by atoms with van der Waals surface area (Å²) in [6.07, 6.45) is 0.856. The van der Waals surface area contributed by atoms with Gasteiger partial charge >= 0.3 is 5.97 Å². The number of aryl methyl sites for hydroxylation is 1. The van der Waals surface area contributed by atoms with Gasteiger partial charge in [0, 0.05) is 13.3 Å². The Morgan fingerprint density at radius 3 is 2.11 bits per heavy atom. The quantitative estimate of drug-likeness (QED) is 0.489. The van der Waals surface area contributed by atoms with Crippen LogP contribution in [-0.2, 0) is 32.1 Å². The summed E-state index contributed by atoms with van der Waals surface area (Å²) in [6.45, 7) is 1.43. The summed E-state index contributed by atoms with van der Waals surface area (Å²) >= 11 is 1.00. The summed E-state index contributed by atoms with van der Waals surface area (Å²) in [5.41, 5.74) is 1.93. The molecule has 6 heteroatoms. The number of amides is 1. The molecule has 0 spiro atoms. The van der Waals surface area contributed by atoms with E-state index < -0.39 is 5.97 Å². The third-order valence-electron chi connectivity index (χ3n) is 3.81. The summed E-state index contributed by atoms with van der Waals surface area (Å²) < 4.78 is 5.25. The molecule has 0 aliphatic carbocycles. The molecule has 2 rings (SSSR count). The van der Waals surface area contributed by atoms with E-state index in [0.29, 0.717) is 6.42 Å². The minimum Gasteiger partial charge on any atom is -0.459 e. The van der Waals surface area contributed by atoms with Crippen molar-refractivity contribution >= 4 is 28.8 Å². The van der Waals surface area contributed by atoms with Crippen molar-refractivity contribution in [1.82, 2.24) is 4.90 Å². The number of hydrogen-bond acceptors (Lipinski definition) is 5. The molecule has 0 bridgehead atoms. The summed E-state index contributed by atoms with van der Waals surface area (Å²) in [6, 6.07) is 19.0. The van der Waals surface area contributed by atoms with Crippen molar-refractivity contribution in [3.8, 4) is 0 Å². The van der Waals surface area contributed by atoms with Crippen molar-refractivity contribution in [1.29, 1.82) is 0 Å². The summed E-state index contributed by atoms with van der Waals surface area (Å²) in [4.78, 5) is 37.3. The van der Waals surface area contributed by atoms with Crippen molar-refractivity contribution in [2.75, 3.05) is 12.4 Å². The van der Waals surface area contributed by atoms with Gasteiger partial charge in [-0.3, -0.25) is 14.4 Å². The Morgan fingerprint density at radius 2 is 1.52 bits per heavy atom. The topological polar surface area (TPSA) is 63.7 Å². The molecule has 0 atom stereocenters. The molecule has 2 aromatic rings. The molecule has 0 aliphatic heterocycles. The van der Waals surface area contributed by atoms with E-state index in [4.69, 9.17) is 4.74 Å². The number of thioether (sulfide) groups is 1. The van der Waals surface area contributed by atoms with Crippen LogP contribution < -0.4 is 0 Å². The van der Waals surface area contributed by atoms with E-state index in [1.807, 2.05) is 60.7 Å². The van der Waals surface area contributed by atoms with Crippen LogP contribution in [0.5, 0.6) is 0 Å². The van der Waals surface area contributed by atoms with Crippen molar-refractivity contribution in [3.05, 3.63) is 71.8 Å². The lowest BCUT2D eigenvalue weighted by molar-refractivity contribution is -0.149. The van der Waals surface area contributed by atoms with Crippen LogP contribution in [0.25, 0.3) is 0 Å². The van der Waals surface area contributed by atoms with Crippen molar-refractivity contribution < 1.29 is 19.1 Å². The highest BCUT2D eigenvalue weighted by atomic mass is 32.2. The van der Waals surface area contributed by atoms with E-state index in [-0.39, 0.29) is 36.5 Å². The Morgan fingerprint density at radius 1 is 0.926 bits per heavy atom. The van der Waals surface area contributed by atoms with Crippen LogP contribution in [0, 0.1) is 0 Å². The van der Waals surface area contributed by atoms with Gasteiger partial charge in [0.05, 0.1) is 5.88 Å². The molecule has 2 aromatic carbocycles. The number of benzene rings is 2. The van der Waals surface area contributed by atoms with E-state index in [1.54, 1.807) is 0 Å². The van der Waals surface area contributed by atoms with Gasteiger partial charge in [-0.1, -0.05) is 72.4 Å². The third-order valence-corrected chi connectivity index (χ3v) is 4.66. The maximum absolute atomic E-state index is 12.5. The van der Waals surface area contributed by atoms with Gasteiger partial charge in [-0.15, -0.1) is 0 Å². The number of carbonyl (C=O) groups excluding carboxylic acids is 3. The van der Waals surface area contributed by atoms with E-state index in [9.17, 15) is 14.4 Å². The fourth-order valence-corrected chi connectivity index (χ4v) is 2.94. The van der Waals surface area contributed by atoms with Crippen LogP contribution in [0.4, 0.5) is 0 Å². The molecule has 0 radical (unpaired) electrons. The molecule has 0 heterocycles. The highest BCUT2D eigenvalue weighted by Crippen LogP contribution is 2.10. The van der Waals surface area contributed by atoms with E-state index in [0.717, 1.165) is 22.9 Å². The normalized spacial score (nSPS) is 10.3. The smallest absolute Gasteiger partial charge is 0.326 e. The molecule has 0 saturated carbocycles. The maximum atomic E-state index is 12.5. The van der Waals surface area contributed by atoms with Crippen LogP contribution in [0.3, 0.4) is 0 Å². The Balaban J connectivity index is 1.88. The zero-order valence-electron chi connectivity index (χ0n) is 15.3. The lowest BCUT2D eigenvalue weighted by Crippen LogP contribution is -2.36. The third kappa shape index (κ3) is 8.09. The summed E-state index contributed by atoms with van der Waals surface area (Å²) in [5, 5.41) is -0.103. The van der Waals surface area contributed by atoms with Crippen LogP contribution in [0.1, 0.15) is 24.5 Å². The fourth-order valence-electron chi connectivity index (χ4n) is 2.37. The van der Waals surface area contributed by atoms with Crippen molar-refractivity contribution in [3.63, 3.8) is 0 Å². The van der Waals surface area contributed by atoms with Gasteiger partial charge in [-0.2, -0.15) is 0 Å². The molecule has 5 nitrogen and oxygen atoms in total. The number of esters is 1. The van der Waals surface area contributed by atoms with E-state index in [2.05, 4.69) is 0 Å². The van der Waals surface area contributed by atoms with Crippen molar-refractivity contribution in [2.24, 2.45) is 0 Å². The zero-order chi connectivity index (χ0) is 19.5. The molecule has 27 heavy (non-hydrogen) atoms. The second-order valence-corrected chi connectivity index (χ2v) is 7.11. The average molecular weight is 385 g/mol. The minimum atomic E-state index is -0.490. The Kier molecular flexibility index (Phi) is 8.58. The minimum absolute atomic E-state index is 0.103. The predicted molar refractivity (Wildman–Crippen MR) is 106 cm³/mol. The molecule has 0 aromatic heterocycles. The molecule has 142 valence electrons. The Hall–Kier alpha value is -2.60. The van der Waals surface area contributed by atoms with E-state index in [1.165, 1.54) is 11.8 Å². The van der Waals surface area contributed by atoms with Gasteiger partial charge in [0.1, 0.15) is 13.2 Å². The maximum Gasteiger partial charge on any atom is 0.326 e. The average Bonchev–Trinajstić information content (AvgIpc) is 2.69. The fraction of sp³-hybridized carbons (Fsp3) is 0.286. The summed E-state index contributed by atoms with van der Waals surface area (Å²) in [5.74, 6) is -0.524. The largest absolute Gasteiger partial charge is 0.459 e. The number of ether oxygens (including phenoxy) is 1. The zero-order valence-corrected chi connectivity index (χ0v) is 16.1. The van der Waals surface area contributed by atoms with Crippen LogP contribution in [0.2, 0.25) is 0 Å². The molecular formula is C21H23NO4S. The van der Waals surface area contributed by atoms with Gasteiger partial charge in [0.25, 0.3) is 0 Å². The first kappa shape index (κ1) is 20.7. The first-order chi connectivity index (χ1) is 13.0. The van der Waals surface area contributed by atoms with Gasteiger partial charge < -0.3 is 9.64 Å². The SMILES string of the molecule is CC(=O)SCN(CC(=O)OCc1ccccc1)C(=O)CCc1ccccc1. The molecule has 0 fully saturated rings. The lowest BCUT2D eigenvalue weighted by Gasteiger charge is -2.21. The Bertz CT molecular complexity index is 749. The molecule has 0 unspecified atom stereocenters. The first-order valence-corrected chi connectivity index (χ1v) is 9.68. The Labute approximate surface area is 163 Å². The van der Waals surface area contributed by atoms with Gasteiger partial charge in [-0.05, 0) is 17.5 Å². The molecule has 0 saturated heterocycles. The van der Waals surface area contributed by atoms with E-state index >= 15 is 0 Å². The van der Waals surface area contributed by atoms with Gasteiger partial charge in [-0.25, -0.2) is 0 Å². The van der Waals surface area contributed by atoms with Crippen LogP contribution in [0.15, 0.2) is 60.7 Å². The number of nitrogens with zero attached hydrogens (tertiary/aromatic N) is 1. The second kappa shape index (κ2) is 11.2. The van der Waals surface area contributed by atoms with Gasteiger partial charge in [0.15, 0.2) is 5.12 Å². The van der Waals surface area contributed by atoms with Crippen LogP contribution in [-0.4, -0.2) is 34.3 Å². The molecule has 0 N–H and O–H groups in total. The highest BCUT2D eigenvalue weighted by molar-refractivity contribution is 8.13. The second-order valence-electron chi connectivity index (χ2n) is 5.99. The summed E-state index contributed by atoms with van der Waals surface area (Å²) in [7, 11) is 0. The van der Waals surface area contributed by atoms with Crippen molar-refractivity contribution in [2.45, 2.75) is 26.4 Å². The number of rotatable bonds is 9. The van der Waals surface area contributed by atoms with Gasteiger partial charge in [0.2, 0.25) is 5.91 Å². The predicted octanol–water partition coefficient (Wildman–Crippen LogP) is 3.43. The highest BCUT2D eigenvalue weighted by Gasteiger charge is 2.19.